The summed E-state index contributed by atoms with van der Waals surface area (Å²) in [6.45, 7) is 7.24. The van der Waals surface area contributed by atoms with Crippen LogP contribution >= 0.6 is 0 Å². The lowest BCUT2D eigenvalue weighted by atomic mass is 9.77. The molecule has 0 heteroatoms. The van der Waals surface area contributed by atoms with Crippen molar-refractivity contribution < 1.29 is 0 Å². The molecule has 0 radical (unpaired) electrons. The maximum atomic E-state index is 2.57. The zero-order valence-corrected chi connectivity index (χ0v) is 10.6. The predicted octanol–water partition coefficient (Wildman–Crippen LogP) is 4.36. The third-order valence-electron chi connectivity index (χ3n) is 5.15. The van der Waals surface area contributed by atoms with Gasteiger partial charge in [-0.25, -0.2) is 0 Å². The number of allylic oxidation sites excluding steroid dienone is 6. The molecular formula is C16H22. The fourth-order valence-electron chi connectivity index (χ4n) is 4.37. The molecule has 0 aliphatic heterocycles. The summed E-state index contributed by atoms with van der Waals surface area (Å²) in [5.74, 6) is 4.23. The van der Waals surface area contributed by atoms with Gasteiger partial charge in [0, 0.05) is 0 Å². The van der Waals surface area contributed by atoms with Gasteiger partial charge in [0.2, 0.25) is 0 Å². The van der Waals surface area contributed by atoms with Crippen molar-refractivity contribution in [2.45, 2.75) is 33.6 Å². The zero-order chi connectivity index (χ0) is 11.3. The van der Waals surface area contributed by atoms with Gasteiger partial charge >= 0.3 is 0 Å². The lowest BCUT2D eigenvalue weighted by Crippen LogP contribution is -2.21. The zero-order valence-electron chi connectivity index (χ0n) is 10.6. The summed E-state index contributed by atoms with van der Waals surface area (Å²) in [7, 11) is 0. The van der Waals surface area contributed by atoms with Gasteiger partial charge in [-0.2, -0.15) is 0 Å². The van der Waals surface area contributed by atoms with E-state index in [1.165, 1.54) is 12.8 Å². The first-order valence-electron chi connectivity index (χ1n) is 6.82. The summed E-state index contributed by atoms with van der Waals surface area (Å²) in [5.41, 5.74) is 3.38. The molecule has 3 aliphatic carbocycles. The Morgan fingerprint density at radius 2 is 2.06 bits per heavy atom. The molecule has 5 atom stereocenters. The van der Waals surface area contributed by atoms with Gasteiger partial charge < -0.3 is 0 Å². The first-order chi connectivity index (χ1) is 7.74. The fourth-order valence-corrected chi connectivity index (χ4v) is 4.37. The van der Waals surface area contributed by atoms with Crippen LogP contribution in [-0.2, 0) is 0 Å². The van der Waals surface area contributed by atoms with Crippen LogP contribution in [0.5, 0.6) is 0 Å². The molecule has 3 aliphatic rings. The molecule has 16 heavy (non-hydrogen) atoms. The molecule has 0 aromatic rings. The minimum atomic E-state index is 0.792. The molecule has 1 fully saturated rings. The third-order valence-corrected chi connectivity index (χ3v) is 5.15. The van der Waals surface area contributed by atoms with E-state index >= 15 is 0 Å². The highest BCUT2D eigenvalue weighted by Gasteiger charge is 2.47. The van der Waals surface area contributed by atoms with Gasteiger partial charge in [0.15, 0.2) is 0 Å². The number of hydrogen-bond acceptors (Lipinski definition) is 0. The van der Waals surface area contributed by atoms with E-state index in [0.29, 0.717) is 0 Å². The summed E-state index contributed by atoms with van der Waals surface area (Å²) in [4.78, 5) is 0. The minimum Gasteiger partial charge on any atom is -0.0839 e. The van der Waals surface area contributed by atoms with Crippen molar-refractivity contribution in [2.75, 3.05) is 0 Å². The standard InChI is InChI=1S/C16H22/c1-4-12-10(2)9-15-14-8-6-5-7-13(14)11(3)16(12)15/h5-6,8-13,16H,4,7H2,1-3H3. The molecule has 0 aromatic heterocycles. The van der Waals surface area contributed by atoms with Crippen molar-refractivity contribution >= 4 is 0 Å². The Morgan fingerprint density at radius 3 is 2.81 bits per heavy atom. The highest BCUT2D eigenvalue weighted by molar-refractivity contribution is 5.48. The minimum absolute atomic E-state index is 0.792. The van der Waals surface area contributed by atoms with Crippen molar-refractivity contribution in [3.8, 4) is 0 Å². The average Bonchev–Trinajstić information content (AvgIpc) is 2.76. The lowest BCUT2D eigenvalue weighted by Gasteiger charge is -2.27. The number of fused-ring (bicyclic) bond motifs is 3. The Bertz CT molecular complexity index is 383. The summed E-state index contributed by atoms with van der Waals surface area (Å²) in [6.07, 6.45) is 12.2. The quantitative estimate of drug-likeness (QED) is 0.608. The fraction of sp³-hybridized carbons (Fsp3) is 0.625. The predicted molar refractivity (Wildman–Crippen MR) is 69.0 cm³/mol. The van der Waals surface area contributed by atoms with Crippen molar-refractivity contribution in [3.63, 3.8) is 0 Å². The van der Waals surface area contributed by atoms with Crippen LogP contribution in [0.15, 0.2) is 35.5 Å². The largest absolute Gasteiger partial charge is 0.0839 e. The summed E-state index contributed by atoms with van der Waals surface area (Å²) in [5, 5.41) is 0. The maximum Gasteiger partial charge on any atom is -0.00929 e. The van der Waals surface area contributed by atoms with Crippen molar-refractivity contribution in [3.05, 3.63) is 35.5 Å². The van der Waals surface area contributed by atoms with Crippen LogP contribution < -0.4 is 0 Å². The molecule has 3 rings (SSSR count). The van der Waals surface area contributed by atoms with Crippen LogP contribution in [0.1, 0.15) is 33.6 Å². The van der Waals surface area contributed by atoms with Crippen LogP contribution in [0.25, 0.3) is 0 Å². The second-order valence-electron chi connectivity index (χ2n) is 5.83. The van der Waals surface area contributed by atoms with E-state index in [9.17, 15) is 0 Å². The van der Waals surface area contributed by atoms with E-state index in [1.54, 1.807) is 11.1 Å². The molecule has 86 valence electrons. The molecule has 0 spiro atoms. The maximum absolute atomic E-state index is 2.57. The Balaban J connectivity index is 2.02. The highest BCUT2D eigenvalue weighted by Crippen LogP contribution is 2.57. The molecule has 0 bridgehead atoms. The topological polar surface area (TPSA) is 0 Å². The van der Waals surface area contributed by atoms with Crippen molar-refractivity contribution in [1.82, 2.24) is 0 Å². The van der Waals surface area contributed by atoms with E-state index in [2.05, 4.69) is 45.1 Å². The van der Waals surface area contributed by atoms with E-state index in [4.69, 9.17) is 0 Å². The molecule has 0 N–H and O–H groups in total. The van der Waals surface area contributed by atoms with Crippen LogP contribution in [0.4, 0.5) is 0 Å². The van der Waals surface area contributed by atoms with Gasteiger partial charge in [-0.3, -0.25) is 0 Å². The lowest BCUT2D eigenvalue weighted by molar-refractivity contribution is 0.244. The Kier molecular flexibility index (Phi) is 2.34. The smallest absolute Gasteiger partial charge is 0.00929 e. The van der Waals surface area contributed by atoms with E-state index in [0.717, 1.165) is 29.6 Å². The molecule has 0 nitrogen and oxygen atoms in total. The van der Waals surface area contributed by atoms with Gasteiger partial charge in [0.25, 0.3) is 0 Å². The SMILES string of the molecule is CCC1C(C)C=C2C3=CC=CCC3C(C)C21. The molecule has 0 saturated heterocycles. The third kappa shape index (κ3) is 1.22. The van der Waals surface area contributed by atoms with E-state index in [-0.39, 0.29) is 0 Å². The van der Waals surface area contributed by atoms with Gasteiger partial charge in [-0.15, -0.1) is 0 Å². The second kappa shape index (κ2) is 3.61. The summed E-state index contributed by atoms with van der Waals surface area (Å²) >= 11 is 0. The van der Waals surface area contributed by atoms with Gasteiger partial charge in [0.05, 0.1) is 0 Å². The molecule has 0 aromatic carbocycles. The highest BCUT2D eigenvalue weighted by atomic mass is 14.5. The number of hydrogen-bond donors (Lipinski definition) is 0. The molecular weight excluding hydrogens is 192 g/mol. The average molecular weight is 214 g/mol. The molecule has 0 heterocycles. The monoisotopic (exact) mass is 214 g/mol. The van der Waals surface area contributed by atoms with Gasteiger partial charge in [-0.1, -0.05) is 51.5 Å². The molecule has 0 amide bonds. The molecule has 5 unspecified atom stereocenters. The van der Waals surface area contributed by atoms with Crippen LogP contribution in [0.2, 0.25) is 0 Å². The van der Waals surface area contributed by atoms with Crippen LogP contribution in [0.3, 0.4) is 0 Å². The second-order valence-corrected chi connectivity index (χ2v) is 5.83. The Labute approximate surface area is 99.1 Å². The van der Waals surface area contributed by atoms with Crippen LogP contribution in [-0.4, -0.2) is 0 Å². The van der Waals surface area contributed by atoms with Gasteiger partial charge in [-0.05, 0) is 47.2 Å². The van der Waals surface area contributed by atoms with Crippen LogP contribution in [0, 0.1) is 29.6 Å². The summed E-state index contributed by atoms with van der Waals surface area (Å²) in [6, 6.07) is 0. The van der Waals surface area contributed by atoms with Crippen molar-refractivity contribution in [2.24, 2.45) is 29.6 Å². The Hall–Kier alpha value is -0.780. The normalized spacial score (nSPS) is 45.1. The molecule has 1 saturated carbocycles. The first kappa shape index (κ1) is 10.4. The van der Waals surface area contributed by atoms with E-state index < -0.39 is 0 Å². The van der Waals surface area contributed by atoms with E-state index in [1.807, 2.05) is 0 Å². The van der Waals surface area contributed by atoms with Gasteiger partial charge in [0.1, 0.15) is 0 Å². The van der Waals surface area contributed by atoms with Crippen molar-refractivity contribution in [1.29, 1.82) is 0 Å². The summed E-state index contributed by atoms with van der Waals surface area (Å²) < 4.78 is 0. The number of rotatable bonds is 1. The first-order valence-corrected chi connectivity index (χ1v) is 6.82. The Morgan fingerprint density at radius 1 is 1.25 bits per heavy atom.